The van der Waals surface area contributed by atoms with Crippen molar-refractivity contribution in [3.63, 3.8) is 0 Å². The summed E-state index contributed by atoms with van der Waals surface area (Å²) in [7, 11) is 0. The number of carbonyl (C=O) groups is 1. The fourth-order valence-corrected chi connectivity index (χ4v) is 4.96. The summed E-state index contributed by atoms with van der Waals surface area (Å²) in [5.41, 5.74) is 4.13. The van der Waals surface area contributed by atoms with Crippen molar-refractivity contribution in [2.45, 2.75) is 19.3 Å². The van der Waals surface area contributed by atoms with E-state index in [1.165, 1.54) is 12.1 Å². The second kappa shape index (κ2) is 6.64. The van der Waals surface area contributed by atoms with Crippen LogP contribution in [0.2, 0.25) is 0 Å². The van der Waals surface area contributed by atoms with E-state index in [1.807, 2.05) is 6.07 Å². The Hall–Kier alpha value is -4.24. The number of benzene rings is 2. The van der Waals surface area contributed by atoms with Crippen LogP contribution in [-0.4, -0.2) is 27.4 Å². The molecule has 0 saturated heterocycles. The van der Waals surface area contributed by atoms with E-state index in [4.69, 9.17) is 19.2 Å². The molecule has 5 heterocycles. The Morgan fingerprint density at radius 1 is 1.00 bits per heavy atom. The number of hydrogen-bond acceptors (Lipinski definition) is 7. The highest BCUT2D eigenvalue weighted by molar-refractivity contribution is 6.01. The molecule has 0 aliphatic carbocycles. The highest BCUT2D eigenvalue weighted by atomic mass is 19.1. The number of aliphatic hydroxyl groups excluding tert-OH is 1. The van der Waals surface area contributed by atoms with Crippen molar-refractivity contribution >= 4 is 16.9 Å². The normalized spacial score (nSPS) is 17.4. The van der Waals surface area contributed by atoms with Gasteiger partial charge >= 0.3 is 5.97 Å². The Morgan fingerprint density at radius 2 is 1.76 bits per heavy atom. The summed E-state index contributed by atoms with van der Waals surface area (Å²) in [5, 5.41) is 11.1. The van der Waals surface area contributed by atoms with Gasteiger partial charge in [0, 0.05) is 22.6 Å². The molecule has 168 valence electrons. The first-order chi connectivity index (χ1) is 16.5. The molecular weight excluding hydrogens is 443 g/mol. The Bertz CT molecular complexity index is 1630. The lowest BCUT2D eigenvalue weighted by atomic mass is 9.94. The van der Waals surface area contributed by atoms with Crippen molar-refractivity contribution in [3.05, 3.63) is 75.3 Å². The van der Waals surface area contributed by atoms with Gasteiger partial charge in [0.1, 0.15) is 12.4 Å². The van der Waals surface area contributed by atoms with Crippen molar-refractivity contribution in [2.75, 3.05) is 6.79 Å². The predicted molar refractivity (Wildman–Crippen MR) is 117 cm³/mol. The van der Waals surface area contributed by atoms with Crippen LogP contribution in [0.25, 0.3) is 33.4 Å². The molecule has 0 spiro atoms. The van der Waals surface area contributed by atoms with Crippen LogP contribution in [0.15, 0.2) is 47.3 Å². The highest BCUT2D eigenvalue weighted by Crippen LogP contribution is 2.45. The Labute approximate surface area is 190 Å². The molecule has 0 amide bonds. The first-order valence-electron chi connectivity index (χ1n) is 10.6. The van der Waals surface area contributed by atoms with E-state index in [9.17, 15) is 19.1 Å². The third-order valence-corrected chi connectivity index (χ3v) is 6.58. The summed E-state index contributed by atoms with van der Waals surface area (Å²) in [4.78, 5) is 30.1. The standard InChI is InChI=1S/C25H15FN2O6/c26-12-3-1-11(2-4-12)21-14-6-19-20(34-10-33-19)7-17(14)27-22-15(21)8-28-18(22)5-13-16(24(28)30)9-32-25(31)23(13)29/h1-7,23,29H,8-10H2. The average Bonchev–Trinajstić information content (AvgIpc) is 3.44. The number of pyridine rings is 2. The van der Waals surface area contributed by atoms with Crippen molar-refractivity contribution in [2.24, 2.45) is 0 Å². The zero-order valence-corrected chi connectivity index (χ0v) is 17.5. The minimum atomic E-state index is -1.53. The summed E-state index contributed by atoms with van der Waals surface area (Å²) in [6.07, 6.45) is -1.53. The molecule has 8 nitrogen and oxygen atoms in total. The summed E-state index contributed by atoms with van der Waals surface area (Å²) >= 11 is 0. The number of aromatic nitrogens is 2. The SMILES string of the molecule is O=C1OCc2c(cc3n(c2=O)Cc2c-3nc3cc4c(cc3c2-c2ccc(F)cc2)OCO4)C1O. The highest BCUT2D eigenvalue weighted by Gasteiger charge is 2.35. The number of hydrogen-bond donors (Lipinski definition) is 1. The molecule has 2 aromatic heterocycles. The molecular formula is C25H15FN2O6. The molecule has 0 bridgehead atoms. The zero-order chi connectivity index (χ0) is 23.1. The van der Waals surface area contributed by atoms with Crippen LogP contribution in [0, 0.1) is 5.82 Å². The predicted octanol–water partition coefficient (Wildman–Crippen LogP) is 3.05. The van der Waals surface area contributed by atoms with E-state index in [2.05, 4.69) is 0 Å². The maximum absolute atomic E-state index is 13.7. The Morgan fingerprint density at radius 3 is 2.56 bits per heavy atom. The number of rotatable bonds is 1. The summed E-state index contributed by atoms with van der Waals surface area (Å²) in [6, 6.07) is 11.4. The average molecular weight is 458 g/mol. The van der Waals surface area contributed by atoms with Crippen molar-refractivity contribution in [3.8, 4) is 34.0 Å². The van der Waals surface area contributed by atoms with Crippen LogP contribution >= 0.6 is 0 Å². The molecule has 2 aromatic carbocycles. The Balaban J connectivity index is 1.55. The molecule has 0 fully saturated rings. The number of esters is 1. The summed E-state index contributed by atoms with van der Waals surface area (Å²) < 4.78 is 31.3. The number of nitrogens with zero attached hydrogens (tertiary/aromatic N) is 2. The number of cyclic esters (lactones) is 1. The van der Waals surface area contributed by atoms with Gasteiger partial charge in [-0.2, -0.15) is 0 Å². The first-order valence-corrected chi connectivity index (χ1v) is 10.6. The molecule has 7 rings (SSSR count). The van der Waals surface area contributed by atoms with Gasteiger partial charge in [-0.3, -0.25) is 4.79 Å². The van der Waals surface area contributed by atoms with Gasteiger partial charge in [0.25, 0.3) is 5.56 Å². The molecule has 1 N–H and O–H groups in total. The Kier molecular flexibility index (Phi) is 3.76. The fraction of sp³-hybridized carbons (Fsp3) is 0.160. The van der Waals surface area contributed by atoms with Gasteiger partial charge in [0.05, 0.1) is 29.0 Å². The van der Waals surface area contributed by atoms with Crippen molar-refractivity contribution in [1.29, 1.82) is 0 Å². The van der Waals surface area contributed by atoms with E-state index in [1.54, 1.807) is 28.8 Å². The first kappa shape index (κ1) is 19.2. The van der Waals surface area contributed by atoms with E-state index in [0.717, 1.165) is 22.1 Å². The monoisotopic (exact) mass is 458 g/mol. The van der Waals surface area contributed by atoms with E-state index >= 15 is 0 Å². The third-order valence-electron chi connectivity index (χ3n) is 6.58. The number of halogens is 1. The lowest BCUT2D eigenvalue weighted by molar-refractivity contribution is -0.157. The molecule has 0 saturated carbocycles. The molecule has 3 aliphatic heterocycles. The van der Waals surface area contributed by atoms with Crippen LogP contribution in [0.4, 0.5) is 4.39 Å². The van der Waals surface area contributed by atoms with Gasteiger partial charge in [-0.25, -0.2) is 14.2 Å². The van der Waals surface area contributed by atoms with Crippen LogP contribution in [0.5, 0.6) is 11.5 Å². The molecule has 4 aromatic rings. The largest absolute Gasteiger partial charge is 0.458 e. The van der Waals surface area contributed by atoms with Crippen LogP contribution in [0.1, 0.15) is 22.8 Å². The van der Waals surface area contributed by atoms with Gasteiger partial charge in [-0.1, -0.05) is 12.1 Å². The number of fused-ring (bicyclic) bond motifs is 6. The molecule has 9 heteroatoms. The zero-order valence-electron chi connectivity index (χ0n) is 17.5. The molecule has 1 unspecified atom stereocenters. The van der Waals surface area contributed by atoms with Gasteiger partial charge in [0.15, 0.2) is 17.6 Å². The van der Waals surface area contributed by atoms with Crippen LogP contribution in [0.3, 0.4) is 0 Å². The van der Waals surface area contributed by atoms with Crippen molar-refractivity contribution < 1.29 is 28.5 Å². The summed E-state index contributed by atoms with van der Waals surface area (Å²) in [5.74, 6) is -0.00740. The van der Waals surface area contributed by atoms with Gasteiger partial charge in [0.2, 0.25) is 6.79 Å². The van der Waals surface area contributed by atoms with Gasteiger partial charge in [-0.05, 0) is 35.4 Å². The molecule has 1 atom stereocenters. The van der Waals surface area contributed by atoms with Crippen LogP contribution in [-0.2, 0) is 22.7 Å². The van der Waals surface area contributed by atoms with Gasteiger partial charge in [-0.15, -0.1) is 0 Å². The maximum atomic E-state index is 13.7. The third kappa shape index (κ3) is 2.52. The van der Waals surface area contributed by atoms with E-state index in [0.29, 0.717) is 28.4 Å². The quantitative estimate of drug-likeness (QED) is 0.386. The number of ether oxygens (including phenoxy) is 3. The fourth-order valence-electron chi connectivity index (χ4n) is 4.96. The molecule has 0 radical (unpaired) electrons. The molecule has 3 aliphatic rings. The van der Waals surface area contributed by atoms with Crippen molar-refractivity contribution in [1.82, 2.24) is 9.55 Å². The maximum Gasteiger partial charge on any atom is 0.340 e. The summed E-state index contributed by atoms with van der Waals surface area (Å²) in [6.45, 7) is 0.142. The lowest BCUT2D eigenvalue weighted by Gasteiger charge is -2.21. The number of carbonyl (C=O) groups excluding carboxylic acids is 1. The van der Waals surface area contributed by atoms with E-state index in [-0.39, 0.29) is 42.4 Å². The molecule has 34 heavy (non-hydrogen) atoms. The topological polar surface area (TPSA) is 99.9 Å². The smallest absolute Gasteiger partial charge is 0.340 e. The number of aliphatic hydroxyl groups is 1. The minimum Gasteiger partial charge on any atom is -0.458 e. The second-order valence-electron chi connectivity index (χ2n) is 8.41. The minimum absolute atomic E-state index is 0.107. The van der Waals surface area contributed by atoms with Gasteiger partial charge < -0.3 is 23.9 Å². The second-order valence-corrected chi connectivity index (χ2v) is 8.41. The lowest BCUT2D eigenvalue weighted by Crippen LogP contribution is -2.32. The van der Waals surface area contributed by atoms with E-state index < -0.39 is 12.1 Å². The van der Waals surface area contributed by atoms with Crippen LogP contribution < -0.4 is 15.0 Å².